The lowest BCUT2D eigenvalue weighted by molar-refractivity contribution is 0.534. The highest BCUT2D eigenvalue weighted by Gasteiger charge is 2.40. The number of sulfone groups is 1. The van der Waals surface area contributed by atoms with E-state index in [0.29, 0.717) is 12.2 Å². The van der Waals surface area contributed by atoms with E-state index in [1.165, 1.54) is 0 Å². The molecule has 0 aliphatic heterocycles. The van der Waals surface area contributed by atoms with Gasteiger partial charge in [0.2, 0.25) is 0 Å². The summed E-state index contributed by atoms with van der Waals surface area (Å²) in [6, 6.07) is 8.16. The van der Waals surface area contributed by atoms with Gasteiger partial charge in [-0.05, 0) is 60.6 Å². The van der Waals surface area contributed by atoms with E-state index in [9.17, 15) is 8.42 Å². The van der Waals surface area contributed by atoms with Crippen LogP contribution in [0.5, 0.6) is 0 Å². The molecule has 1 aromatic carbocycles. The molecule has 7 heteroatoms. The summed E-state index contributed by atoms with van der Waals surface area (Å²) in [7, 11) is -3.39. The van der Waals surface area contributed by atoms with Crippen LogP contribution < -0.4 is 0 Å². The zero-order valence-corrected chi connectivity index (χ0v) is 13.9. The molecule has 1 heterocycles. The summed E-state index contributed by atoms with van der Waals surface area (Å²) in [6.07, 6.45) is 4.58. The number of hydrogen-bond donors (Lipinski definition) is 0. The molecular formula is C16H20N4O2S. The van der Waals surface area contributed by atoms with Gasteiger partial charge in [0.15, 0.2) is 15.7 Å². The van der Waals surface area contributed by atoms with E-state index in [-0.39, 0.29) is 6.04 Å². The molecule has 0 N–H and O–H groups in total. The second kappa shape index (κ2) is 5.40. The highest BCUT2D eigenvalue weighted by Crippen LogP contribution is 2.42. The molecule has 0 amide bonds. The van der Waals surface area contributed by atoms with Gasteiger partial charge in [-0.3, -0.25) is 0 Å². The van der Waals surface area contributed by atoms with Gasteiger partial charge in [0.05, 0.1) is 11.3 Å². The maximum Gasteiger partial charge on any atom is 0.169 e. The molecule has 0 spiro atoms. The Balaban J connectivity index is 1.72. The molecule has 23 heavy (non-hydrogen) atoms. The van der Waals surface area contributed by atoms with Crippen molar-refractivity contribution in [2.45, 2.75) is 55.6 Å². The minimum Gasteiger partial charge on any atom is -0.227 e. The molecule has 2 aromatic rings. The number of nitrogens with zero attached hydrogens (tertiary/aromatic N) is 4. The van der Waals surface area contributed by atoms with Crippen LogP contribution in [0.1, 0.15) is 66.1 Å². The summed E-state index contributed by atoms with van der Waals surface area (Å²) in [6.45, 7) is 1.72. The molecule has 2 aliphatic carbocycles. The molecular weight excluding hydrogens is 312 g/mol. The smallest absolute Gasteiger partial charge is 0.169 e. The zero-order chi connectivity index (χ0) is 16.0. The fourth-order valence-corrected chi connectivity index (χ4v) is 5.51. The van der Waals surface area contributed by atoms with E-state index in [1.54, 1.807) is 11.6 Å². The zero-order valence-electron chi connectivity index (χ0n) is 13.1. The normalized spacial score (nSPS) is 22.6. The van der Waals surface area contributed by atoms with Crippen LogP contribution in [0.2, 0.25) is 0 Å². The average molecular weight is 332 g/mol. The number of aryl methyl sites for hydroxylation is 1. The van der Waals surface area contributed by atoms with Crippen molar-refractivity contribution in [1.29, 1.82) is 0 Å². The van der Waals surface area contributed by atoms with E-state index in [4.69, 9.17) is 0 Å². The Morgan fingerprint density at radius 1 is 1.22 bits per heavy atom. The Morgan fingerprint density at radius 2 is 2.00 bits per heavy atom. The molecule has 122 valence electrons. The van der Waals surface area contributed by atoms with Crippen LogP contribution in [0.15, 0.2) is 24.3 Å². The third-order valence-electron chi connectivity index (χ3n) is 4.98. The van der Waals surface area contributed by atoms with Gasteiger partial charge in [0.1, 0.15) is 5.25 Å². The molecule has 0 radical (unpaired) electrons. The van der Waals surface area contributed by atoms with Crippen molar-refractivity contribution < 1.29 is 8.42 Å². The molecule has 1 saturated carbocycles. The lowest BCUT2D eigenvalue weighted by Gasteiger charge is -2.27. The van der Waals surface area contributed by atoms with E-state index in [0.717, 1.165) is 36.8 Å². The first-order chi connectivity index (χ1) is 11.1. The third kappa shape index (κ3) is 2.47. The first-order valence-electron chi connectivity index (χ1n) is 8.17. The van der Waals surface area contributed by atoms with E-state index in [2.05, 4.69) is 15.5 Å². The molecule has 0 unspecified atom stereocenters. The van der Waals surface area contributed by atoms with Gasteiger partial charge in [-0.25, -0.2) is 13.1 Å². The topological polar surface area (TPSA) is 77.7 Å². The Bertz CT molecular complexity index is 826. The first kappa shape index (κ1) is 14.8. The Kier molecular flexibility index (Phi) is 3.48. The molecule has 0 saturated heterocycles. The lowest BCUT2D eigenvalue weighted by atomic mass is 9.91. The van der Waals surface area contributed by atoms with Crippen LogP contribution in [0, 0.1) is 0 Å². The predicted molar refractivity (Wildman–Crippen MR) is 85.5 cm³/mol. The monoisotopic (exact) mass is 332 g/mol. The van der Waals surface area contributed by atoms with Crippen molar-refractivity contribution in [2.75, 3.05) is 0 Å². The number of benzene rings is 1. The van der Waals surface area contributed by atoms with Crippen molar-refractivity contribution in [3.05, 3.63) is 41.2 Å². The molecule has 1 aromatic heterocycles. The van der Waals surface area contributed by atoms with Crippen LogP contribution in [-0.2, 0) is 16.3 Å². The highest BCUT2D eigenvalue weighted by molar-refractivity contribution is 7.91. The van der Waals surface area contributed by atoms with Gasteiger partial charge in [-0.2, -0.15) is 0 Å². The van der Waals surface area contributed by atoms with Crippen molar-refractivity contribution >= 4 is 9.84 Å². The summed E-state index contributed by atoms with van der Waals surface area (Å²) in [4.78, 5) is 0. The standard InChI is InChI=1S/C16H20N4O2S/c1-11(16-17-18-19-20(16)13-9-10-13)23(21,22)15-8-4-6-12-5-2-3-7-14(12)15/h2-3,5,7,11,13,15H,4,6,8-10H2,1H3/t11-,15+/m0/s1. The molecule has 4 rings (SSSR count). The van der Waals surface area contributed by atoms with Crippen molar-refractivity contribution in [3.8, 4) is 0 Å². The quantitative estimate of drug-likeness (QED) is 0.860. The van der Waals surface area contributed by atoms with Crippen LogP contribution in [0.25, 0.3) is 0 Å². The summed E-state index contributed by atoms with van der Waals surface area (Å²) in [5.74, 6) is 0.482. The van der Waals surface area contributed by atoms with Gasteiger partial charge in [-0.15, -0.1) is 5.10 Å². The summed E-state index contributed by atoms with van der Waals surface area (Å²) < 4.78 is 28.2. The van der Waals surface area contributed by atoms with E-state index < -0.39 is 20.3 Å². The molecule has 0 bridgehead atoms. The van der Waals surface area contributed by atoms with Crippen LogP contribution in [0.3, 0.4) is 0 Å². The number of fused-ring (bicyclic) bond motifs is 1. The SMILES string of the molecule is C[C@@H](c1nnnn1C1CC1)S(=O)(=O)[C@@H]1CCCc2ccccc21. The van der Waals surface area contributed by atoms with Gasteiger partial charge < -0.3 is 0 Å². The lowest BCUT2D eigenvalue weighted by Crippen LogP contribution is -2.25. The van der Waals surface area contributed by atoms with Crippen molar-refractivity contribution in [2.24, 2.45) is 0 Å². The third-order valence-corrected chi connectivity index (χ3v) is 7.46. The van der Waals surface area contributed by atoms with E-state index >= 15 is 0 Å². The van der Waals surface area contributed by atoms with Gasteiger partial charge in [-0.1, -0.05) is 24.3 Å². The summed E-state index contributed by atoms with van der Waals surface area (Å²) in [5, 5.41) is 10.6. The molecule has 1 fully saturated rings. The maximum absolute atomic E-state index is 13.2. The maximum atomic E-state index is 13.2. The largest absolute Gasteiger partial charge is 0.227 e. The van der Waals surface area contributed by atoms with Gasteiger partial charge in [0.25, 0.3) is 0 Å². The number of hydrogen-bond acceptors (Lipinski definition) is 5. The van der Waals surface area contributed by atoms with Crippen LogP contribution in [0.4, 0.5) is 0 Å². The minimum atomic E-state index is -3.39. The Labute approximate surface area is 135 Å². The van der Waals surface area contributed by atoms with Gasteiger partial charge >= 0.3 is 0 Å². The molecule has 6 nitrogen and oxygen atoms in total. The summed E-state index contributed by atoms with van der Waals surface area (Å²) in [5.41, 5.74) is 2.11. The second-order valence-electron chi connectivity index (χ2n) is 6.52. The fourth-order valence-electron chi connectivity index (χ4n) is 3.49. The van der Waals surface area contributed by atoms with Crippen LogP contribution >= 0.6 is 0 Å². The van der Waals surface area contributed by atoms with Crippen molar-refractivity contribution in [1.82, 2.24) is 20.2 Å². The van der Waals surface area contributed by atoms with Crippen LogP contribution in [-0.4, -0.2) is 28.6 Å². The second-order valence-corrected chi connectivity index (χ2v) is 8.98. The predicted octanol–water partition coefficient (Wildman–Crippen LogP) is 2.56. The van der Waals surface area contributed by atoms with E-state index in [1.807, 2.05) is 24.3 Å². The van der Waals surface area contributed by atoms with Gasteiger partial charge in [0, 0.05) is 0 Å². The van der Waals surface area contributed by atoms with Crippen molar-refractivity contribution in [3.63, 3.8) is 0 Å². The molecule has 2 atom stereocenters. The Morgan fingerprint density at radius 3 is 2.78 bits per heavy atom. The number of aromatic nitrogens is 4. The Hall–Kier alpha value is -1.76. The number of rotatable bonds is 4. The highest BCUT2D eigenvalue weighted by atomic mass is 32.2. The molecule has 2 aliphatic rings. The average Bonchev–Trinajstić information content (AvgIpc) is 3.30. The summed E-state index contributed by atoms with van der Waals surface area (Å²) >= 11 is 0. The fraction of sp³-hybridized carbons (Fsp3) is 0.562. The minimum absolute atomic E-state index is 0.274. The first-order valence-corrected chi connectivity index (χ1v) is 9.78. The number of tetrazole rings is 1.